The molecule has 0 spiro atoms. The zero-order valence-corrected chi connectivity index (χ0v) is 16.3. The molecule has 2 heterocycles. The van der Waals surface area contributed by atoms with E-state index in [9.17, 15) is 0 Å². The third kappa shape index (κ3) is 3.37. The van der Waals surface area contributed by atoms with Gasteiger partial charge < -0.3 is 9.73 Å². The average Bonchev–Trinajstić information content (AvgIpc) is 3.17. The molecule has 5 aromatic rings. The van der Waals surface area contributed by atoms with Crippen molar-refractivity contribution in [1.82, 2.24) is 9.97 Å². The van der Waals surface area contributed by atoms with Gasteiger partial charge in [-0.1, -0.05) is 60.7 Å². The molecule has 4 nitrogen and oxygen atoms in total. The first-order valence-electron chi connectivity index (χ1n) is 9.24. The van der Waals surface area contributed by atoms with E-state index >= 15 is 0 Å². The fourth-order valence-electron chi connectivity index (χ4n) is 3.38. The summed E-state index contributed by atoms with van der Waals surface area (Å²) < 4.78 is 6.23. The van der Waals surface area contributed by atoms with Gasteiger partial charge in [0.25, 0.3) is 0 Å². The monoisotopic (exact) mass is 395 g/mol. The van der Waals surface area contributed by atoms with Gasteiger partial charge in [-0.05, 0) is 29.8 Å². The molecule has 0 aliphatic rings. The number of nitrogens with zero attached hydrogens (tertiary/aromatic N) is 2. The first-order chi connectivity index (χ1) is 14.3. The van der Waals surface area contributed by atoms with E-state index in [0.29, 0.717) is 11.5 Å². The number of furan rings is 1. The SMILES string of the molecule is Sc1ccc(Nc2ncnc3oc(-c4ccccc4)c(-c4ccccc4)c23)cc1. The Morgan fingerprint density at radius 2 is 1.38 bits per heavy atom. The Balaban J connectivity index is 1.76. The van der Waals surface area contributed by atoms with Crippen molar-refractivity contribution in [2.45, 2.75) is 4.90 Å². The van der Waals surface area contributed by atoms with Crippen molar-refractivity contribution in [2.75, 3.05) is 5.32 Å². The van der Waals surface area contributed by atoms with Crippen molar-refractivity contribution in [3.8, 4) is 22.5 Å². The molecule has 29 heavy (non-hydrogen) atoms. The molecule has 0 saturated carbocycles. The van der Waals surface area contributed by atoms with E-state index in [0.717, 1.165) is 38.4 Å². The second-order valence-corrected chi connectivity index (χ2v) is 7.13. The topological polar surface area (TPSA) is 51.0 Å². The minimum atomic E-state index is 0.547. The lowest BCUT2D eigenvalue weighted by molar-refractivity contribution is 0.618. The van der Waals surface area contributed by atoms with Crippen LogP contribution in [0.1, 0.15) is 0 Å². The Morgan fingerprint density at radius 3 is 2.07 bits per heavy atom. The van der Waals surface area contributed by atoms with Crippen LogP contribution in [0, 0.1) is 0 Å². The van der Waals surface area contributed by atoms with Crippen LogP contribution in [-0.4, -0.2) is 9.97 Å². The van der Waals surface area contributed by atoms with Crippen molar-refractivity contribution in [3.05, 3.63) is 91.3 Å². The van der Waals surface area contributed by atoms with Gasteiger partial charge in [-0.25, -0.2) is 9.97 Å². The summed E-state index contributed by atoms with van der Waals surface area (Å²) in [5.41, 5.74) is 4.49. The summed E-state index contributed by atoms with van der Waals surface area (Å²) >= 11 is 4.36. The number of nitrogens with one attached hydrogen (secondary N) is 1. The Bertz CT molecular complexity index is 1270. The van der Waals surface area contributed by atoms with Crippen LogP contribution in [0.15, 0.2) is 101 Å². The molecule has 3 aromatic carbocycles. The lowest BCUT2D eigenvalue weighted by atomic mass is 9.99. The van der Waals surface area contributed by atoms with Crippen molar-refractivity contribution in [3.63, 3.8) is 0 Å². The van der Waals surface area contributed by atoms with Gasteiger partial charge in [0.15, 0.2) is 0 Å². The van der Waals surface area contributed by atoms with Gasteiger partial charge in [0.05, 0.1) is 5.39 Å². The summed E-state index contributed by atoms with van der Waals surface area (Å²) in [7, 11) is 0. The van der Waals surface area contributed by atoms with Crippen LogP contribution < -0.4 is 5.32 Å². The zero-order chi connectivity index (χ0) is 19.6. The molecular formula is C24H17N3OS. The van der Waals surface area contributed by atoms with Crippen LogP contribution in [0.2, 0.25) is 0 Å². The van der Waals surface area contributed by atoms with E-state index in [1.807, 2.05) is 72.8 Å². The number of thiol groups is 1. The van der Waals surface area contributed by atoms with Gasteiger partial charge in [0.2, 0.25) is 5.71 Å². The fraction of sp³-hybridized carbons (Fsp3) is 0. The molecule has 0 atom stereocenters. The van der Waals surface area contributed by atoms with Crippen molar-refractivity contribution in [2.24, 2.45) is 0 Å². The summed E-state index contributed by atoms with van der Waals surface area (Å²) in [5.74, 6) is 1.48. The van der Waals surface area contributed by atoms with Crippen molar-refractivity contribution >= 4 is 35.2 Å². The highest BCUT2D eigenvalue weighted by Gasteiger charge is 2.22. The van der Waals surface area contributed by atoms with E-state index < -0.39 is 0 Å². The van der Waals surface area contributed by atoms with Crippen LogP contribution in [0.3, 0.4) is 0 Å². The predicted molar refractivity (Wildman–Crippen MR) is 120 cm³/mol. The molecule has 0 amide bonds. The third-order valence-corrected chi connectivity index (χ3v) is 5.01. The highest BCUT2D eigenvalue weighted by atomic mass is 32.1. The minimum Gasteiger partial charge on any atom is -0.437 e. The predicted octanol–water partition coefficient (Wildman–Crippen LogP) is 6.59. The van der Waals surface area contributed by atoms with Gasteiger partial charge in [0, 0.05) is 21.7 Å². The summed E-state index contributed by atoms with van der Waals surface area (Å²) in [6.07, 6.45) is 1.52. The van der Waals surface area contributed by atoms with E-state index in [2.05, 4.69) is 40.0 Å². The number of anilines is 2. The number of rotatable bonds is 4. The van der Waals surface area contributed by atoms with E-state index in [1.54, 1.807) is 0 Å². The van der Waals surface area contributed by atoms with Gasteiger partial charge in [-0.3, -0.25) is 0 Å². The van der Waals surface area contributed by atoms with Crippen LogP contribution in [0.5, 0.6) is 0 Å². The zero-order valence-electron chi connectivity index (χ0n) is 15.4. The maximum Gasteiger partial charge on any atom is 0.232 e. The van der Waals surface area contributed by atoms with Crippen molar-refractivity contribution in [1.29, 1.82) is 0 Å². The van der Waals surface area contributed by atoms with Gasteiger partial charge in [-0.2, -0.15) is 0 Å². The number of hydrogen-bond donors (Lipinski definition) is 2. The molecule has 0 radical (unpaired) electrons. The Labute approximate surface area is 173 Å². The summed E-state index contributed by atoms with van der Waals surface area (Å²) in [6.45, 7) is 0. The number of benzene rings is 3. The van der Waals surface area contributed by atoms with Crippen LogP contribution in [0.25, 0.3) is 33.6 Å². The molecule has 0 aliphatic carbocycles. The highest BCUT2D eigenvalue weighted by Crippen LogP contribution is 2.42. The molecule has 1 N–H and O–H groups in total. The van der Waals surface area contributed by atoms with Crippen LogP contribution >= 0.6 is 12.6 Å². The van der Waals surface area contributed by atoms with E-state index in [4.69, 9.17) is 4.42 Å². The normalized spacial score (nSPS) is 10.9. The van der Waals surface area contributed by atoms with Gasteiger partial charge in [0.1, 0.15) is 17.9 Å². The van der Waals surface area contributed by atoms with Gasteiger partial charge >= 0.3 is 0 Å². The Hall–Kier alpha value is -3.57. The Morgan fingerprint density at radius 1 is 0.724 bits per heavy atom. The molecule has 140 valence electrons. The molecule has 5 heteroatoms. The van der Waals surface area contributed by atoms with E-state index in [-0.39, 0.29) is 0 Å². The fourth-order valence-corrected chi connectivity index (χ4v) is 3.53. The second kappa shape index (κ2) is 7.45. The van der Waals surface area contributed by atoms with Crippen LogP contribution in [0.4, 0.5) is 11.5 Å². The van der Waals surface area contributed by atoms with Gasteiger partial charge in [-0.15, -0.1) is 12.6 Å². The maximum atomic E-state index is 6.23. The third-order valence-electron chi connectivity index (χ3n) is 4.72. The quantitative estimate of drug-likeness (QED) is 0.337. The lowest BCUT2D eigenvalue weighted by Crippen LogP contribution is -1.95. The molecule has 2 aromatic heterocycles. The number of hydrogen-bond acceptors (Lipinski definition) is 5. The lowest BCUT2D eigenvalue weighted by Gasteiger charge is -2.08. The summed E-state index contributed by atoms with van der Waals surface area (Å²) in [5, 5.41) is 4.26. The minimum absolute atomic E-state index is 0.547. The molecule has 0 saturated heterocycles. The highest BCUT2D eigenvalue weighted by molar-refractivity contribution is 7.80. The molecule has 0 unspecified atom stereocenters. The number of fused-ring (bicyclic) bond motifs is 1. The summed E-state index contributed by atoms with van der Waals surface area (Å²) in [4.78, 5) is 9.82. The molecule has 0 aliphatic heterocycles. The van der Waals surface area contributed by atoms with Crippen molar-refractivity contribution < 1.29 is 4.42 Å². The first kappa shape index (κ1) is 17.5. The first-order valence-corrected chi connectivity index (χ1v) is 9.69. The van der Waals surface area contributed by atoms with E-state index in [1.165, 1.54) is 6.33 Å². The molecule has 0 bridgehead atoms. The Kier molecular flexibility index (Phi) is 4.50. The molecule has 5 rings (SSSR count). The van der Waals surface area contributed by atoms with Crippen LogP contribution in [-0.2, 0) is 0 Å². The number of aromatic nitrogens is 2. The standard InChI is InChI=1S/C24H17N3OS/c29-19-13-11-18(12-14-19)27-23-21-20(16-7-3-1-4-8-16)22(17-9-5-2-6-10-17)28-24(21)26-15-25-23/h1-15,29H,(H,25,26,27). The summed E-state index contributed by atoms with van der Waals surface area (Å²) in [6, 6.07) is 28.1. The second-order valence-electron chi connectivity index (χ2n) is 6.61. The largest absolute Gasteiger partial charge is 0.437 e. The molecule has 0 fully saturated rings. The average molecular weight is 395 g/mol. The maximum absolute atomic E-state index is 6.23. The molecular weight excluding hydrogens is 378 g/mol. The smallest absolute Gasteiger partial charge is 0.232 e.